The number of hydrogen-bond donors (Lipinski definition) is 1. The Bertz CT molecular complexity index is 1500. The van der Waals surface area contributed by atoms with Crippen LogP contribution < -0.4 is 9.47 Å². The zero-order chi connectivity index (χ0) is 32.9. The Morgan fingerprint density at radius 2 is 1.73 bits per heavy atom. The van der Waals surface area contributed by atoms with Gasteiger partial charge in [-0.3, -0.25) is 9.69 Å². The average molecular weight is 668 g/mol. The van der Waals surface area contributed by atoms with Gasteiger partial charge in [0.1, 0.15) is 16.4 Å². The molecule has 0 saturated carbocycles. The molecular formula is C31H36F3N3O6S2. The molecule has 244 valence electrons. The van der Waals surface area contributed by atoms with Gasteiger partial charge in [-0.15, -0.1) is 23.1 Å². The van der Waals surface area contributed by atoms with E-state index in [0.29, 0.717) is 60.5 Å². The molecule has 45 heavy (non-hydrogen) atoms. The Morgan fingerprint density at radius 1 is 1.07 bits per heavy atom. The van der Waals surface area contributed by atoms with E-state index in [4.69, 9.17) is 19.2 Å². The van der Waals surface area contributed by atoms with Crippen molar-refractivity contribution >= 4 is 35.2 Å². The molecule has 0 radical (unpaired) electrons. The standard InChI is InChI=1S/C31H36F3N3O6S2/c1-6-42-28(38)30(3,4)45-25-16-23(41-5)24(15-19(25)2)43-18-26-22(17-36-11-13-37(14-12-36)29(39)40)35-27(44-26)20-7-9-21(10-8-20)31(32,33)34/h7-10,15-16H,6,11-14,17-18H2,1-5H3,(H,39,40). The van der Waals surface area contributed by atoms with E-state index in [2.05, 4.69) is 4.90 Å². The van der Waals surface area contributed by atoms with Crippen LogP contribution in [0, 0.1) is 6.92 Å². The zero-order valence-corrected chi connectivity index (χ0v) is 27.3. The number of hydrogen-bond acceptors (Lipinski definition) is 9. The Morgan fingerprint density at radius 3 is 2.31 bits per heavy atom. The number of amides is 1. The number of rotatable bonds is 11. The van der Waals surface area contributed by atoms with Crippen LogP contribution in [0.5, 0.6) is 11.5 Å². The minimum absolute atomic E-state index is 0.124. The van der Waals surface area contributed by atoms with E-state index in [0.717, 1.165) is 27.5 Å². The van der Waals surface area contributed by atoms with Crippen molar-refractivity contribution < 1.29 is 42.1 Å². The number of carbonyl (C=O) groups excluding carboxylic acids is 1. The predicted octanol–water partition coefficient (Wildman–Crippen LogP) is 6.95. The fourth-order valence-corrected chi connectivity index (χ4v) is 6.71. The highest BCUT2D eigenvalue weighted by Crippen LogP contribution is 2.41. The first-order valence-electron chi connectivity index (χ1n) is 14.3. The van der Waals surface area contributed by atoms with Gasteiger partial charge in [0.05, 0.1) is 29.9 Å². The maximum absolute atomic E-state index is 13.1. The Balaban J connectivity index is 1.58. The van der Waals surface area contributed by atoms with E-state index in [9.17, 15) is 27.9 Å². The molecule has 1 aromatic heterocycles. The zero-order valence-electron chi connectivity index (χ0n) is 25.7. The summed E-state index contributed by atoms with van der Waals surface area (Å²) in [7, 11) is 1.53. The molecular weight excluding hydrogens is 631 g/mol. The lowest BCUT2D eigenvalue weighted by atomic mass is 10.1. The van der Waals surface area contributed by atoms with Crippen molar-refractivity contribution in [3.63, 3.8) is 0 Å². The summed E-state index contributed by atoms with van der Waals surface area (Å²) in [5, 5.41) is 9.85. The fraction of sp³-hybridized carbons (Fsp3) is 0.452. The average Bonchev–Trinajstić information content (AvgIpc) is 3.39. The molecule has 14 heteroatoms. The van der Waals surface area contributed by atoms with E-state index in [1.54, 1.807) is 20.8 Å². The Kier molecular flexibility index (Phi) is 10.9. The van der Waals surface area contributed by atoms with Crippen molar-refractivity contribution in [1.29, 1.82) is 0 Å². The molecule has 1 amide bonds. The number of aryl methyl sites for hydroxylation is 1. The minimum Gasteiger partial charge on any atom is -0.493 e. The van der Waals surface area contributed by atoms with Gasteiger partial charge in [-0.2, -0.15) is 13.2 Å². The Labute approximate surface area is 268 Å². The summed E-state index contributed by atoms with van der Waals surface area (Å²) in [6, 6.07) is 8.54. The summed E-state index contributed by atoms with van der Waals surface area (Å²) in [6.07, 6.45) is -5.40. The molecule has 3 aromatic rings. The number of thiazole rings is 1. The molecule has 2 heterocycles. The molecule has 0 aliphatic carbocycles. The monoisotopic (exact) mass is 667 g/mol. The van der Waals surface area contributed by atoms with Gasteiger partial charge in [0.25, 0.3) is 0 Å². The van der Waals surface area contributed by atoms with Crippen LogP contribution in [-0.4, -0.2) is 76.6 Å². The van der Waals surface area contributed by atoms with Gasteiger partial charge >= 0.3 is 18.2 Å². The van der Waals surface area contributed by atoms with Crippen molar-refractivity contribution in [2.45, 2.75) is 56.7 Å². The van der Waals surface area contributed by atoms with Crippen LogP contribution >= 0.6 is 23.1 Å². The highest BCUT2D eigenvalue weighted by molar-refractivity contribution is 8.01. The number of thioether (sulfide) groups is 1. The molecule has 0 unspecified atom stereocenters. The number of benzene rings is 2. The van der Waals surface area contributed by atoms with Gasteiger partial charge in [0, 0.05) is 43.2 Å². The number of methoxy groups -OCH3 is 1. The van der Waals surface area contributed by atoms with Crippen LogP contribution in [0.25, 0.3) is 10.6 Å². The number of aromatic nitrogens is 1. The largest absolute Gasteiger partial charge is 0.493 e. The van der Waals surface area contributed by atoms with Crippen molar-refractivity contribution in [3.05, 3.63) is 58.1 Å². The lowest BCUT2D eigenvalue weighted by Crippen LogP contribution is -2.47. The molecule has 1 fully saturated rings. The summed E-state index contributed by atoms with van der Waals surface area (Å²) in [6.45, 7) is 9.89. The van der Waals surface area contributed by atoms with E-state index in [1.807, 2.05) is 19.1 Å². The van der Waals surface area contributed by atoms with Gasteiger partial charge < -0.3 is 24.2 Å². The maximum Gasteiger partial charge on any atom is 0.416 e. The first-order valence-corrected chi connectivity index (χ1v) is 15.9. The van der Waals surface area contributed by atoms with Gasteiger partial charge in [0.2, 0.25) is 0 Å². The lowest BCUT2D eigenvalue weighted by molar-refractivity contribution is -0.145. The Hall–Kier alpha value is -3.49. The van der Waals surface area contributed by atoms with Gasteiger partial charge in [0.15, 0.2) is 11.5 Å². The van der Waals surface area contributed by atoms with Gasteiger partial charge in [-0.25, -0.2) is 9.78 Å². The predicted molar refractivity (Wildman–Crippen MR) is 166 cm³/mol. The third kappa shape index (κ3) is 8.61. The molecule has 1 N–H and O–H groups in total. The van der Waals surface area contributed by atoms with Gasteiger partial charge in [-0.05, 0) is 57.5 Å². The molecule has 1 aliphatic heterocycles. The first kappa shape index (κ1) is 34.4. The minimum atomic E-state index is -4.44. The van der Waals surface area contributed by atoms with Crippen molar-refractivity contribution in [2.24, 2.45) is 0 Å². The van der Waals surface area contributed by atoms with Crippen LogP contribution in [0.3, 0.4) is 0 Å². The van der Waals surface area contributed by atoms with E-state index in [1.165, 1.54) is 47.2 Å². The SMILES string of the molecule is CCOC(=O)C(C)(C)Sc1cc(OC)c(OCc2sc(-c3ccc(C(F)(F)F)cc3)nc2CN2CCN(C(=O)O)CC2)cc1C. The smallest absolute Gasteiger partial charge is 0.416 e. The number of halogens is 3. The number of piperazine rings is 1. The lowest BCUT2D eigenvalue weighted by Gasteiger charge is -2.32. The molecule has 4 rings (SSSR count). The quantitative estimate of drug-likeness (QED) is 0.172. The van der Waals surface area contributed by atoms with Crippen LogP contribution in [0.2, 0.25) is 0 Å². The first-order chi connectivity index (χ1) is 21.2. The highest BCUT2D eigenvalue weighted by Gasteiger charge is 2.32. The summed E-state index contributed by atoms with van der Waals surface area (Å²) in [4.78, 5) is 33.7. The molecule has 0 spiro atoms. The fourth-order valence-electron chi connectivity index (χ4n) is 4.64. The molecule has 9 nitrogen and oxygen atoms in total. The summed E-state index contributed by atoms with van der Waals surface area (Å²) in [5.41, 5.74) is 1.39. The summed E-state index contributed by atoms with van der Waals surface area (Å²) in [5.74, 6) is 0.639. The van der Waals surface area contributed by atoms with Crippen LogP contribution in [0.1, 0.15) is 42.5 Å². The maximum atomic E-state index is 13.1. The molecule has 0 atom stereocenters. The number of esters is 1. The summed E-state index contributed by atoms with van der Waals surface area (Å²) >= 11 is 2.70. The highest BCUT2D eigenvalue weighted by atomic mass is 32.2. The summed E-state index contributed by atoms with van der Waals surface area (Å²) < 4.78 is 55.7. The van der Waals surface area contributed by atoms with Gasteiger partial charge in [-0.1, -0.05) is 12.1 Å². The molecule has 1 saturated heterocycles. The molecule has 2 aromatic carbocycles. The number of ether oxygens (including phenoxy) is 3. The van der Waals surface area contributed by atoms with E-state index >= 15 is 0 Å². The van der Waals surface area contributed by atoms with Crippen molar-refractivity contribution in [3.8, 4) is 22.1 Å². The normalized spacial score (nSPS) is 14.4. The number of carboxylic acid groups (broad SMARTS) is 1. The second kappa shape index (κ2) is 14.3. The van der Waals surface area contributed by atoms with Crippen LogP contribution in [0.15, 0.2) is 41.3 Å². The molecule has 1 aliphatic rings. The second-order valence-electron chi connectivity index (χ2n) is 10.9. The van der Waals surface area contributed by atoms with E-state index in [-0.39, 0.29) is 19.2 Å². The molecule has 0 bridgehead atoms. The van der Waals surface area contributed by atoms with Crippen molar-refractivity contribution in [1.82, 2.24) is 14.8 Å². The third-order valence-electron chi connectivity index (χ3n) is 7.21. The number of alkyl halides is 3. The second-order valence-corrected chi connectivity index (χ2v) is 13.6. The van der Waals surface area contributed by atoms with Crippen LogP contribution in [-0.2, 0) is 28.9 Å². The third-order valence-corrected chi connectivity index (χ3v) is 9.66. The topological polar surface area (TPSA) is 101 Å². The number of carbonyl (C=O) groups is 2. The van der Waals surface area contributed by atoms with Crippen molar-refractivity contribution in [2.75, 3.05) is 39.9 Å². The van der Waals surface area contributed by atoms with E-state index < -0.39 is 22.6 Å². The van der Waals surface area contributed by atoms with Crippen LogP contribution in [0.4, 0.5) is 18.0 Å². The number of nitrogens with zero attached hydrogens (tertiary/aromatic N) is 3.